The Morgan fingerprint density at radius 3 is 2.80 bits per heavy atom. The maximum absolute atomic E-state index is 12.7. The molecule has 1 atom stereocenters. The summed E-state index contributed by atoms with van der Waals surface area (Å²) in [6.45, 7) is 6.11. The number of carbonyl (C=O) groups is 2. The molecular formula is C19H22BrNO3S. The van der Waals surface area contributed by atoms with E-state index < -0.39 is 0 Å². The van der Waals surface area contributed by atoms with Crippen molar-refractivity contribution in [3.8, 4) is 0 Å². The molecule has 1 aromatic rings. The number of halogens is 1. The van der Waals surface area contributed by atoms with Crippen molar-refractivity contribution < 1.29 is 14.3 Å². The summed E-state index contributed by atoms with van der Waals surface area (Å²) in [6, 6.07) is 2.05. The summed E-state index contributed by atoms with van der Waals surface area (Å²) in [5.41, 5.74) is 3.07. The molecule has 3 rings (SSSR count). The molecule has 0 spiro atoms. The summed E-state index contributed by atoms with van der Waals surface area (Å²) in [7, 11) is 0. The van der Waals surface area contributed by atoms with Crippen LogP contribution in [0.1, 0.15) is 55.7 Å². The fraction of sp³-hybridized carbons (Fsp3) is 0.474. The topological polar surface area (TPSA) is 55.4 Å². The minimum Gasteiger partial charge on any atom is -0.463 e. The van der Waals surface area contributed by atoms with E-state index in [0.717, 1.165) is 45.6 Å². The van der Waals surface area contributed by atoms with Gasteiger partial charge in [-0.05, 0) is 55.1 Å². The lowest BCUT2D eigenvalue weighted by Gasteiger charge is -2.33. The zero-order chi connectivity index (χ0) is 18.1. The summed E-state index contributed by atoms with van der Waals surface area (Å²) in [5, 5.41) is 3.30. The van der Waals surface area contributed by atoms with Gasteiger partial charge in [-0.2, -0.15) is 0 Å². The van der Waals surface area contributed by atoms with Gasteiger partial charge in [0.25, 0.3) is 0 Å². The normalized spacial score (nSPS) is 20.5. The maximum Gasteiger partial charge on any atom is 0.336 e. The van der Waals surface area contributed by atoms with Crippen LogP contribution in [0.15, 0.2) is 33.1 Å². The van der Waals surface area contributed by atoms with Crippen LogP contribution in [-0.2, 0) is 20.7 Å². The monoisotopic (exact) mass is 423 g/mol. The van der Waals surface area contributed by atoms with Crippen LogP contribution in [0.4, 0.5) is 0 Å². The van der Waals surface area contributed by atoms with E-state index in [1.165, 1.54) is 4.88 Å². The molecule has 6 heteroatoms. The first-order valence-electron chi connectivity index (χ1n) is 8.67. The van der Waals surface area contributed by atoms with Crippen molar-refractivity contribution in [1.82, 2.24) is 5.32 Å². The number of hydrogen-bond acceptors (Lipinski definition) is 5. The molecular weight excluding hydrogens is 402 g/mol. The number of rotatable bonds is 4. The van der Waals surface area contributed by atoms with Gasteiger partial charge in [-0.25, -0.2) is 4.79 Å². The van der Waals surface area contributed by atoms with Gasteiger partial charge in [0.1, 0.15) is 0 Å². The van der Waals surface area contributed by atoms with Gasteiger partial charge in [0.05, 0.1) is 18.1 Å². The molecule has 0 fully saturated rings. The molecule has 1 N–H and O–H groups in total. The molecule has 0 radical (unpaired) electrons. The lowest BCUT2D eigenvalue weighted by Crippen LogP contribution is -2.34. The quantitative estimate of drug-likeness (QED) is 0.718. The van der Waals surface area contributed by atoms with E-state index in [-0.39, 0.29) is 17.7 Å². The van der Waals surface area contributed by atoms with E-state index in [2.05, 4.69) is 34.2 Å². The number of ether oxygens (including phenoxy) is 1. The van der Waals surface area contributed by atoms with Crippen LogP contribution in [0.5, 0.6) is 0 Å². The summed E-state index contributed by atoms with van der Waals surface area (Å²) >= 11 is 5.27. The van der Waals surface area contributed by atoms with E-state index in [1.54, 1.807) is 18.3 Å². The minimum absolute atomic E-state index is 0.135. The zero-order valence-electron chi connectivity index (χ0n) is 14.7. The smallest absolute Gasteiger partial charge is 0.336 e. The highest BCUT2D eigenvalue weighted by molar-refractivity contribution is 9.10. The van der Waals surface area contributed by atoms with Crippen LogP contribution >= 0.6 is 27.3 Å². The molecule has 4 nitrogen and oxygen atoms in total. The van der Waals surface area contributed by atoms with Gasteiger partial charge < -0.3 is 10.1 Å². The Labute approximate surface area is 160 Å². The summed E-state index contributed by atoms with van der Waals surface area (Å²) in [6.07, 6.45) is 3.15. The largest absolute Gasteiger partial charge is 0.463 e. The minimum atomic E-state index is -0.343. The van der Waals surface area contributed by atoms with Crippen LogP contribution in [0.3, 0.4) is 0 Å². The van der Waals surface area contributed by atoms with E-state index in [0.29, 0.717) is 18.6 Å². The van der Waals surface area contributed by atoms with Gasteiger partial charge >= 0.3 is 5.97 Å². The predicted octanol–water partition coefficient (Wildman–Crippen LogP) is 4.60. The molecule has 2 aliphatic rings. The first-order valence-corrected chi connectivity index (χ1v) is 10.3. The Hall–Kier alpha value is -1.40. The average Bonchev–Trinajstić information content (AvgIpc) is 2.94. The fourth-order valence-corrected chi connectivity index (χ4v) is 5.59. The van der Waals surface area contributed by atoms with Gasteiger partial charge in [-0.15, -0.1) is 11.3 Å². The molecule has 0 amide bonds. The molecule has 1 aliphatic carbocycles. The first kappa shape index (κ1) is 18.4. The van der Waals surface area contributed by atoms with Crippen molar-refractivity contribution in [2.45, 2.75) is 52.4 Å². The van der Waals surface area contributed by atoms with E-state index in [4.69, 9.17) is 4.74 Å². The molecule has 1 aliphatic heterocycles. The highest BCUT2D eigenvalue weighted by atomic mass is 79.9. The average molecular weight is 424 g/mol. The van der Waals surface area contributed by atoms with Crippen LogP contribution in [0.2, 0.25) is 0 Å². The van der Waals surface area contributed by atoms with Crippen molar-refractivity contribution in [3.63, 3.8) is 0 Å². The number of esters is 1. The number of thiophene rings is 1. The van der Waals surface area contributed by atoms with Crippen molar-refractivity contribution >= 4 is 39.0 Å². The van der Waals surface area contributed by atoms with Gasteiger partial charge in [-0.1, -0.05) is 6.92 Å². The Kier molecular flexibility index (Phi) is 5.49. The predicted molar refractivity (Wildman–Crippen MR) is 102 cm³/mol. The highest BCUT2D eigenvalue weighted by Crippen LogP contribution is 2.46. The van der Waals surface area contributed by atoms with Crippen LogP contribution < -0.4 is 5.32 Å². The second-order valence-electron chi connectivity index (χ2n) is 6.26. The van der Waals surface area contributed by atoms with Crippen molar-refractivity contribution in [2.75, 3.05) is 6.61 Å². The van der Waals surface area contributed by atoms with Crippen molar-refractivity contribution in [2.24, 2.45) is 0 Å². The van der Waals surface area contributed by atoms with Crippen LogP contribution in [0.25, 0.3) is 0 Å². The number of ketones is 1. The van der Waals surface area contributed by atoms with Crippen molar-refractivity contribution in [1.29, 1.82) is 0 Å². The molecule has 1 aromatic heterocycles. The molecule has 0 aromatic carbocycles. The third-order valence-electron chi connectivity index (χ3n) is 4.65. The molecule has 0 unspecified atom stereocenters. The van der Waals surface area contributed by atoms with Gasteiger partial charge in [0.2, 0.25) is 0 Å². The first-order chi connectivity index (χ1) is 12.0. The number of allylic oxidation sites excluding steroid dienone is 3. The maximum atomic E-state index is 12.7. The number of nitrogens with one attached hydrogen (secondary N) is 1. The number of carbonyl (C=O) groups excluding carboxylic acids is 2. The fourth-order valence-electron chi connectivity index (χ4n) is 3.56. The molecule has 2 heterocycles. The Morgan fingerprint density at radius 1 is 1.40 bits per heavy atom. The van der Waals surface area contributed by atoms with E-state index >= 15 is 0 Å². The highest BCUT2D eigenvalue weighted by Gasteiger charge is 2.40. The standard InChI is InChI=1S/C19H22BrNO3S/c1-4-14-11(20)9-15(25-14)18-16(19(23)24-5-2)10(3)21-12-7-6-8-13(22)17(12)18/h9,18,21H,4-8H2,1-3H3/t18-/m0/s1. The van der Waals surface area contributed by atoms with Gasteiger partial charge in [-0.3, -0.25) is 4.79 Å². The summed E-state index contributed by atoms with van der Waals surface area (Å²) in [4.78, 5) is 27.6. The number of Topliss-reactive ketones (excluding diaryl/α,β-unsaturated/α-hetero) is 1. The molecule has 25 heavy (non-hydrogen) atoms. The molecule has 134 valence electrons. The second kappa shape index (κ2) is 7.46. The summed E-state index contributed by atoms with van der Waals surface area (Å²) < 4.78 is 6.35. The summed E-state index contributed by atoms with van der Waals surface area (Å²) in [5.74, 6) is -0.537. The Morgan fingerprint density at radius 2 is 2.16 bits per heavy atom. The lowest BCUT2D eigenvalue weighted by atomic mass is 9.78. The second-order valence-corrected chi connectivity index (χ2v) is 8.28. The van der Waals surface area contributed by atoms with Gasteiger partial charge in [0, 0.05) is 37.6 Å². The van der Waals surface area contributed by atoms with Crippen LogP contribution in [-0.4, -0.2) is 18.4 Å². The number of aryl methyl sites for hydroxylation is 1. The molecule has 0 bridgehead atoms. The van der Waals surface area contributed by atoms with Crippen molar-refractivity contribution in [3.05, 3.63) is 42.8 Å². The molecule has 0 saturated carbocycles. The van der Waals surface area contributed by atoms with Crippen LogP contribution in [0, 0.1) is 0 Å². The third-order valence-corrected chi connectivity index (χ3v) is 6.97. The van der Waals surface area contributed by atoms with Gasteiger partial charge in [0.15, 0.2) is 5.78 Å². The Balaban J connectivity index is 2.16. The third kappa shape index (κ3) is 3.34. The van der Waals surface area contributed by atoms with E-state index in [1.807, 2.05) is 6.92 Å². The molecule has 0 saturated heterocycles. The number of hydrogen-bond donors (Lipinski definition) is 1. The lowest BCUT2D eigenvalue weighted by molar-refractivity contribution is -0.138. The number of dihydropyridines is 1. The van der Waals surface area contributed by atoms with E-state index in [9.17, 15) is 9.59 Å². The SMILES string of the molecule is CCOC(=O)C1=C(C)NC2=C(C(=O)CCC2)[C@H]1c1cc(Br)c(CC)s1. The zero-order valence-corrected chi connectivity index (χ0v) is 17.1. The Bertz CT molecular complexity index is 791.